The fourth-order valence-corrected chi connectivity index (χ4v) is 4.16. The Labute approximate surface area is 239 Å². The van der Waals surface area contributed by atoms with Crippen molar-refractivity contribution in [1.29, 1.82) is 0 Å². The molecule has 7 nitrogen and oxygen atoms in total. The van der Waals surface area contributed by atoms with Gasteiger partial charge in [-0.25, -0.2) is 14.4 Å². The fraction of sp³-hybridized carbons (Fsp3) is 0.545. The van der Waals surface area contributed by atoms with Crippen LogP contribution in [-0.2, 0) is 14.2 Å². The molecule has 220 valence electrons. The lowest BCUT2D eigenvalue weighted by molar-refractivity contribution is 0.0421. The van der Waals surface area contributed by atoms with Gasteiger partial charge in [-0.2, -0.15) is 0 Å². The van der Waals surface area contributed by atoms with Gasteiger partial charge in [0.05, 0.1) is 29.9 Å². The van der Waals surface area contributed by atoms with Crippen LogP contribution >= 0.6 is 0 Å². The molecule has 0 spiro atoms. The fourth-order valence-electron chi connectivity index (χ4n) is 4.16. The summed E-state index contributed by atoms with van der Waals surface area (Å²) in [5, 5.41) is 0. The van der Waals surface area contributed by atoms with Gasteiger partial charge in [-0.1, -0.05) is 96.3 Å². The lowest BCUT2D eigenvalue weighted by Gasteiger charge is -2.12. The molecule has 0 aliphatic heterocycles. The van der Waals surface area contributed by atoms with Crippen molar-refractivity contribution in [1.82, 2.24) is 0 Å². The van der Waals surface area contributed by atoms with E-state index in [4.69, 9.17) is 18.9 Å². The summed E-state index contributed by atoms with van der Waals surface area (Å²) >= 11 is 0. The first kappa shape index (κ1) is 32.9. The predicted molar refractivity (Wildman–Crippen MR) is 156 cm³/mol. The van der Waals surface area contributed by atoms with Crippen LogP contribution in [0.2, 0.25) is 0 Å². The highest BCUT2D eigenvalue weighted by atomic mass is 16.6. The third-order valence-corrected chi connectivity index (χ3v) is 6.49. The van der Waals surface area contributed by atoms with Crippen molar-refractivity contribution in [3.05, 3.63) is 65.2 Å². The summed E-state index contributed by atoms with van der Waals surface area (Å²) in [6.07, 6.45) is 12.9. The number of hydrogen-bond donors (Lipinski definition) is 0. The monoisotopic (exact) mass is 554 g/mol. The SMILES string of the molecule is CCCCCCCCOC(=O)c1ccc(C(=O)OCCCCCCCC)c(C(=O)OCCOc2ccccc2)c1. The van der Waals surface area contributed by atoms with E-state index in [-0.39, 0.29) is 36.5 Å². The molecule has 7 heteroatoms. The molecule has 0 aromatic heterocycles. The van der Waals surface area contributed by atoms with E-state index >= 15 is 0 Å². The second-order valence-corrected chi connectivity index (χ2v) is 9.87. The lowest BCUT2D eigenvalue weighted by atomic mass is 10.0. The molecule has 40 heavy (non-hydrogen) atoms. The van der Waals surface area contributed by atoms with E-state index in [1.54, 1.807) is 12.1 Å². The van der Waals surface area contributed by atoms with Crippen LogP contribution in [0.15, 0.2) is 48.5 Å². The maximum absolute atomic E-state index is 13.0. The maximum atomic E-state index is 13.0. The van der Waals surface area contributed by atoms with Gasteiger partial charge in [-0.15, -0.1) is 0 Å². The molecular weight excluding hydrogens is 508 g/mol. The topological polar surface area (TPSA) is 88.1 Å². The minimum Gasteiger partial charge on any atom is -0.490 e. The normalized spacial score (nSPS) is 10.7. The molecule has 0 amide bonds. The highest BCUT2D eigenvalue weighted by Crippen LogP contribution is 2.18. The Morgan fingerprint density at radius 2 is 1.05 bits per heavy atom. The number of unbranched alkanes of at least 4 members (excludes halogenated alkanes) is 10. The van der Waals surface area contributed by atoms with Crippen LogP contribution < -0.4 is 4.74 Å². The Balaban J connectivity index is 1.97. The molecule has 0 saturated heterocycles. The number of carbonyl (C=O) groups is 3. The zero-order valence-electron chi connectivity index (χ0n) is 24.3. The number of rotatable bonds is 21. The van der Waals surface area contributed by atoms with Gasteiger partial charge in [0.15, 0.2) is 0 Å². The van der Waals surface area contributed by atoms with Crippen LogP contribution in [0.5, 0.6) is 5.75 Å². The molecule has 0 heterocycles. The number of para-hydroxylation sites is 1. The van der Waals surface area contributed by atoms with E-state index in [1.165, 1.54) is 56.7 Å². The second kappa shape index (κ2) is 20.5. The molecule has 0 unspecified atom stereocenters. The van der Waals surface area contributed by atoms with Gasteiger partial charge >= 0.3 is 17.9 Å². The number of hydrogen-bond acceptors (Lipinski definition) is 7. The first-order valence-electron chi connectivity index (χ1n) is 14.9. The predicted octanol–water partition coefficient (Wildman–Crippen LogP) is 7.96. The number of ether oxygens (including phenoxy) is 4. The Kier molecular flexibility index (Phi) is 16.9. The summed E-state index contributed by atoms with van der Waals surface area (Å²) in [6, 6.07) is 13.5. The van der Waals surface area contributed by atoms with Gasteiger partial charge in [-0.3, -0.25) is 0 Å². The van der Waals surface area contributed by atoms with Crippen LogP contribution in [0, 0.1) is 0 Å². The van der Waals surface area contributed by atoms with Crippen molar-refractivity contribution < 1.29 is 33.3 Å². The van der Waals surface area contributed by atoms with E-state index in [9.17, 15) is 14.4 Å². The first-order chi connectivity index (χ1) is 19.6. The van der Waals surface area contributed by atoms with E-state index < -0.39 is 17.9 Å². The summed E-state index contributed by atoms with van der Waals surface area (Å²) in [4.78, 5) is 38.5. The minimum absolute atomic E-state index is 0.0212. The molecule has 0 radical (unpaired) electrons. The number of benzene rings is 2. The van der Waals surface area contributed by atoms with Crippen LogP contribution in [0.4, 0.5) is 0 Å². The van der Waals surface area contributed by atoms with Gasteiger partial charge in [-0.05, 0) is 43.2 Å². The van der Waals surface area contributed by atoms with Gasteiger partial charge < -0.3 is 18.9 Å². The average Bonchev–Trinajstić information content (AvgIpc) is 2.98. The Morgan fingerprint density at radius 1 is 0.525 bits per heavy atom. The highest BCUT2D eigenvalue weighted by Gasteiger charge is 2.22. The molecule has 0 atom stereocenters. The zero-order valence-corrected chi connectivity index (χ0v) is 24.3. The van der Waals surface area contributed by atoms with Crippen molar-refractivity contribution in [2.45, 2.75) is 90.9 Å². The Hall–Kier alpha value is -3.35. The van der Waals surface area contributed by atoms with Crippen LogP contribution in [0.3, 0.4) is 0 Å². The molecule has 0 N–H and O–H groups in total. The molecule has 0 bridgehead atoms. The molecule has 0 aliphatic carbocycles. The van der Waals surface area contributed by atoms with Gasteiger partial charge in [0.1, 0.15) is 19.0 Å². The maximum Gasteiger partial charge on any atom is 0.339 e. The van der Waals surface area contributed by atoms with Crippen LogP contribution in [-0.4, -0.2) is 44.3 Å². The van der Waals surface area contributed by atoms with Crippen LogP contribution in [0.25, 0.3) is 0 Å². The van der Waals surface area contributed by atoms with E-state index in [1.807, 2.05) is 18.2 Å². The second-order valence-electron chi connectivity index (χ2n) is 9.87. The van der Waals surface area contributed by atoms with E-state index in [0.29, 0.717) is 12.4 Å². The average molecular weight is 555 g/mol. The third kappa shape index (κ3) is 13.1. The summed E-state index contributed by atoms with van der Waals surface area (Å²) in [5.74, 6) is -1.23. The Morgan fingerprint density at radius 3 is 1.68 bits per heavy atom. The summed E-state index contributed by atoms with van der Waals surface area (Å²) < 4.78 is 21.8. The minimum atomic E-state index is -0.728. The van der Waals surface area contributed by atoms with Gasteiger partial charge in [0.25, 0.3) is 0 Å². The zero-order chi connectivity index (χ0) is 28.8. The summed E-state index contributed by atoms with van der Waals surface area (Å²) in [7, 11) is 0. The molecule has 2 rings (SSSR count). The van der Waals surface area contributed by atoms with E-state index in [2.05, 4.69) is 13.8 Å². The van der Waals surface area contributed by atoms with Crippen molar-refractivity contribution >= 4 is 17.9 Å². The molecule has 2 aromatic rings. The van der Waals surface area contributed by atoms with Crippen molar-refractivity contribution in [2.24, 2.45) is 0 Å². The molecule has 2 aromatic carbocycles. The van der Waals surface area contributed by atoms with Crippen LogP contribution in [0.1, 0.15) is 122 Å². The van der Waals surface area contributed by atoms with E-state index in [0.717, 1.165) is 38.5 Å². The number of carbonyl (C=O) groups excluding carboxylic acids is 3. The van der Waals surface area contributed by atoms with Crippen molar-refractivity contribution in [3.8, 4) is 5.75 Å². The van der Waals surface area contributed by atoms with Gasteiger partial charge in [0, 0.05) is 0 Å². The quantitative estimate of drug-likeness (QED) is 0.0878. The third-order valence-electron chi connectivity index (χ3n) is 6.49. The molecule has 0 fully saturated rings. The first-order valence-corrected chi connectivity index (χ1v) is 14.9. The van der Waals surface area contributed by atoms with Crippen molar-refractivity contribution in [3.63, 3.8) is 0 Å². The summed E-state index contributed by atoms with van der Waals surface area (Å²) in [6.45, 7) is 5.04. The van der Waals surface area contributed by atoms with Gasteiger partial charge in [0.2, 0.25) is 0 Å². The highest BCUT2D eigenvalue weighted by molar-refractivity contribution is 6.05. The standard InChI is InChI=1S/C33H46O7/c1-3-5-7-9-11-16-22-38-31(34)27-20-21-29(32(35)39-23-17-12-10-8-6-4-2)30(26-27)33(36)40-25-24-37-28-18-14-13-15-19-28/h13-15,18-21,26H,3-12,16-17,22-25H2,1-2H3. The summed E-state index contributed by atoms with van der Waals surface area (Å²) in [5.41, 5.74) is 0.222. The largest absolute Gasteiger partial charge is 0.490 e. The smallest absolute Gasteiger partial charge is 0.339 e. The number of esters is 3. The lowest BCUT2D eigenvalue weighted by Crippen LogP contribution is -2.18. The molecular formula is C33H46O7. The Bertz CT molecular complexity index is 1000. The molecule has 0 saturated carbocycles. The molecule has 0 aliphatic rings. The van der Waals surface area contributed by atoms with Crippen molar-refractivity contribution in [2.75, 3.05) is 26.4 Å².